The van der Waals surface area contributed by atoms with Crippen LogP contribution >= 0.6 is 11.8 Å². The van der Waals surface area contributed by atoms with Crippen molar-refractivity contribution in [3.8, 4) is 22.6 Å². The van der Waals surface area contributed by atoms with Crippen LogP contribution in [0.25, 0.3) is 0 Å². The van der Waals surface area contributed by atoms with Crippen LogP contribution in [0.3, 0.4) is 0 Å². The monoisotopic (exact) mass is 310 g/mol. The predicted molar refractivity (Wildman–Crippen MR) is 76.6 cm³/mol. The molecule has 1 aromatic carbocycles. The summed E-state index contributed by atoms with van der Waals surface area (Å²) in [6.07, 6.45) is 0. The van der Waals surface area contributed by atoms with E-state index >= 15 is 0 Å². The van der Waals surface area contributed by atoms with Crippen LogP contribution in [0.5, 0.6) is 17.2 Å². The molecule has 0 saturated heterocycles. The van der Waals surface area contributed by atoms with E-state index in [-0.39, 0.29) is 23.2 Å². The van der Waals surface area contributed by atoms with Crippen molar-refractivity contribution in [1.29, 1.82) is 5.26 Å². The van der Waals surface area contributed by atoms with Crippen molar-refractivity contribution in [2.24, 2.45) is 0 Å². The van der Waals surface area contributed by atoms with Gasteiger partial charge in [0.25, 0.3) is 0 Å². The molecule has 0 saturated carbocycles. The molecule has 0 bridgehead atoms. The van der Waals surface area contributed by atoms with Crippen LogP contribution < -0.4 is 19.5 Å². The number of esters is 1. The summed E-state index contributed by atoms with van der Waals surface area (Å²) in [4.78, 5) is 22.8. The van der Waals surface area contributed by atoms with Gasteiger partial charge >= 0.3 is 5.97 Å². The van der Waals surface area contributed by atoms with Crippen molar-refractivity contribution in [2.75, 3.05) is 19.5 Å². The highest BCUT2D eigenvalue weighted by Gasteiger charge is 2.23. The number of ether oxygens (including phenoxy) is 3. The van der Waals surface area contributed by atoms with Crippen molar-refractivity contribution in [1.82, 2.24) is 0 Å². The van der Waals surface area contributed by atoms with E-state index < -0.39 is 5.97 Å². The minimum absolute atomic E-state index is 0.0550. The third-order valence-electron chi connectivity index (χ3n) is 2.28. The van der Waals surface area contributed by atoms with Gasteiger partial charge < -0.3 is 19.5 Å². The highest BCUT2D eigenvalue weighted by molar-refractivity contribution is 8.04. The molecule has 1 N–H and O–H groups in total. The number of anilines is 1. The molecule has 0 atom stereocenters. The Morgan fingerprint density at radius 3 is 2.33 bits per heavy atom. The molecule has 0 aliphatic rings. The minimum atomic E-state index is -0.563. The lowest BCUT2D eigenvalue weighted by molar-refractivity contribution is -0.132. The molecule has 0 aliphatic heterocycles. The fourth-order valence-corrected chi connectivity index (χ4v) is 2.19. The van der Waals surface area contributed by atoms with Crippen molar-refractivity contribution in [2.45, 2.75) is 18.7 Å². The second kappa shape index (κ2) is 7.40. The summed E-state index contributed by atoms with van der Waals surface area (Å²) in [6, 6.07) is 1.46. The molecule has 0 aliphatic carbocycles. The highest BCUT2D eigenvalue weighted by Crippen LogP contribution is 2.48. The summed E-state index contributed by atoms with van der Waals surface area (Å²) < 4.78 is 15.4. The number of nitrogens with zero attached hydrogens (tertiary/aromatic N) is 1. The maximum atomic E-state index is 11.3. The molecular weight excluding hydrogens is 296 g/mol. The Labute approximate surface area is 126 Å². The van der Waals surface area contributed by atoms with Crippen molar-refractivity contribution < 1.29 is 23.8 Å². The normalized spacial score (nSPS) is 9.48. The van der Waals surface area contributed by atoms with E-state index in [1.807, 2.05) is 5.40 Å². The first-order valence-corrected chi connectivity index (χ1v) is 6.57. The zero-order valence-electron chi connectivity index (χ0n) is 12.0. The number of methoxy groups -OCH3 is 2. The van der Waals surface area contributed by atoms with E-state index in [1.165, 1.54) is 34.1 Å². The number of carbonyl (C=O) groups excluding carboxylic acids is 2. The predicted octanol–water partition coefficient (Wildman–Crippen LogP) is 2.16. The summed E-state index contributed by atoms with van der Waals surface area (Å²) in [7, 11) is 2.75. The van der Waals surface area contributed by atoms with E-state index in [2.05, 4.69) is 5.32 Å². The lowest BCUT2D eigenvalue weighted by atomic mass is 10.2. The van der Waals surface area contributed by atoms with Crippen LogP contribution in [-0.2, 0) is 9.59 Å². The molecule has 1 rings (SSSR count). The van der Waals surface area contributed by atoms with Crippen LogP contribution in [0, 0.1) is 10.7 Å². The van der Waals surface area contributed by atoms with Gasteiger partial charge in [-0.1, -0.05) is 0 Å². The smallest absolute Gasteiger partial charge is 0.308 e. The highest BCUT2D eigenvalue weighted by atomic mass is 32.2. The second-order valence-electron chi connectivity index (χ2n) is 3.79. The molecule has 0 radical (unpaired) electrons. The van der Waals surface area contributed by atoms with E-state index in [4.69, 9.17) is 19.5 Å². The van der Waals surface area contributed by atoms with E-state index in [0.29, 0.717) is 10.6 Å². The molecule has 0 fully saturated rings. The number of amides is 1. The zero-order valence-corrected chi connectivity index (χ0v) is 12.8. The summed E-state index contributed by atoms with van der Waals surface area (Å²) in [5.74, 6) is -0.488. The third kappa shape index (κ3) is 4.03. The molecular formula is C13H14N2O5S. The van der Waals surface area contributed by atoms with Crippen LogP contribution in [0.4, 0.5) is 5.69 Å². The molecule has 0 heterocycles. The first-order valence-electron chi connectivity index (χ1n) is 5.75. The van der Waals surface area contributed by atoms with Crippen LogP contribution in [-0.4, -0.2) is 26.1 Å². The second-order valence-corrected chi connectivity index (χ2v) is 4.58. The maximum absolute atomic E-state index is 11.3. The number of thioether (sulfide) groups is 1. The number of nitrogens with one attached hydrogen (secondary N) is 1. The Morgan fingerprint density at radius 1 is 1.24 bits per heavy atom. The molecule has 112 valence electrons. The number of hydrogen-bond donors (Lipinski definition) is 1. The number of carbonyl (C=O) groups is 2. The van der Waals surface area contributed by atoms with Crippen LogP contribution in [0.1, 0.15) is 13.8 Å². The fourth-order valence-electron chi connectivity index (χ4n) is 1.61. The molecule has 0 aromatic heterocycles. The van der Waals surface area contributed by atoms with Crippen molar-refractivity contribution in [3.63, 3.8) is 0 Å². The summed E-state index contributed by atoms with van der Waals surface area (Å²) in [5, 5.41) is 13.4. The van der Waals surface area contributed by atoms with Gasteiger partial charge in [-0.25, -0.2) is 0 Å². The van der Waals surface area contributed by atoms with Gasteiger partial charge in [-0.15, -0.1) is 0 Å². The number of rotatable bonds is 5. The van der Waals surface area contributed by atoms with Gasteiger partial charge in [0, 0.05) is 19.9 Å². The Balaban J connectivity index is 3.58. The third-order valence-corrected chi connectivity index (χ3v) is 2.99. The quantitative estimate of drug-likeness (QED) is 0.385. The summed E-state index contributed by atoms with van der Waals surface area (Å²) >= 11 is 0.775. The van der Waals surface area contributed by atoms with E-state index in [1.54, 1.807) is 0 Å². The molecule has 7 nitrogen and oxygen atoms in total. The number of benzene rings is 1. The maximum Gasteiger partial charge on any atom is 0.308 e. The number of hydrogen-bond acceptors (Lipinski definition) is 7. The van der Waals surface area contributed by atoms with Crippen molar-refractivity contribution in [3.05, 3.63) is 6.07 Å². The van der Waals surface area contributed by atoms with E-state index in [9.17, 15) is 9.59 Å². The standard InChI is InChI=1S/C13H14N2O5S/c1-7(16)15-9-5-10(18-3)11(20-8(2)17)12(19-4)13(9)21-6-14/h5H,1-4H3,(H,15,16). The fraction of sp³-hybridized carbons (Fsp3) is 0.308. The average Bonchev–Trinajstić information content (AvgIpc) is 2.40. The first-order chi connectivity index (χ1) is 9.94. The van der Waals surface area contributed by atoms with E-state index in [0.717, 1.165) is 11.8 Å². The van der Waals surface area contributed by atoms with Crippen LogP contribution in [0.15, 0.2) is 11.0 Å². The number of thiocyanates is 1. The molecule has 8 heteroatoms. The molecule has 0 unspecified atom stereocenters. The SMILES string of the molecule is COc1cc(NC(C)=O)c(SC#N)c(OC)c1OC(C)=O. The van der Waals surface area contributed by atoms with Gasteiger partial charge in [0.2, 0.25) is 11.7 Å². The lowest BCUT2D eigenvalue weighted by Crippen LogP contribution is -2.10. The van der Waals surface area contributed by atoms with Gasteiger partial charge in [0.05, 0.1) is 24.8 Å². The lowest BCUT2D eigenvalue weighted by Gasteiger charge is -2.18. The molecule has 0 spiro atoms. The van der Waals surface area contributed by atoms with Crippen LogP contribution in [0.2, 0.25) is 0 Å². The Hall–Kier alpha value is -2.40. The zero-order chi connectivity index (χ0) is 16.0. The van der Waals surface area contributed by atoms with Crippen molar-refractivity contribution >= 4 is 29.3 Å². The molecule has 21 heavy (non-hydrogen) atoms. The van der Waals surface area contributed by atoms with Gasteiger partial charge in [-0.05, 0) is 11.8 Å². The summed E-state index contributed by atoms with van der Waals surface area (Å²) in [5.41, 5.74) is 0.332. The molecule has 1 aromatic rings. The first kappa shape index (κ1) is 16.7. The molecule has 1 amide bonds. The average molecular weight is 310 g/mol. The van der Waals surface area contributed by atoms with Gasteiger partial charge in [-0.2, -0.15) is 5.26 Å². The van der Waals surface area contributed by atoms with Gasteiger partial charge in [0.1, 0.15) is 5.40 Å². The Morgan fingerprint density at radius 2 is 1.90 bits per heavy atom. The minimum Gasteiger partial charge on any atom is -0.493 e. The Kier molecular flexibility index (Phi) is 5.87. The summed E-state index contributed by atoms with van der Waals surface area (Å²) in [6.45, 7) is 2.57. The van der Waals surface area contributed by atoms with Gasteiger partial charge in [0.15, 0.2) is 11.5 Å². The Bertz CT molecular complexity index is 610. The topological polar surface area (TPSA) is 97.7 Å². The van der Waals surface area contributed by atoms with Gasteiger partial charge in [-0.3, -0.25) is 9.59 Å². The number of nitriles is 1. The largest absolute Gasteiger partial charge is 0.493 e.